The first-order chi connectivity index (χ1) is 9.69. The van der Waals surface area contributed by atoms with E-state index >= 15 is 0 Å². The quantitative estimate of drug-likeness (QED) is 0.881. The van der Waals surface area contributed by atoms with Crippen LogP contribution in [0, 0.1) is 5.82 Å². The van der Waals surface area contributed by atoms with Crippen LogP contribution in [0.4, 0.5) is 15.8 Å². The van der Waals surface area contributed by atoms with Gasteiger partial charge in [0.15, 0.2) is 0 Å². The molecule has 0 unspecified atom stereocenters. The van der Waals surface area contributed by atoms with Crippen LogP contribution in [0.2, 0.25) is 0 Å². The van der Waals surface area contributed by atoms with E-state index in [2.05, 4.69) is 10.6 Å². The first-order valence-corrected chi connectivity index (χ1v) is 6.11. The summed E-state index contributed by atoms with van der Waals surface area (Å²) in [5.74, 6) is -0.0254. The largest absolute Gasteiger partial charge is 0.497 e. The van der Waals surface area contributed by atoms with Gasteiger partial charge < -0.3 is 15.4 Å². The Balaban J connectivity index is 1.87. The molecule has 0 atom stereocenters. The van der Waals surface area contributed by atoms with E-state index in [9.17, 15) is 9.18 Å². The second kappa shape index (κ2) is 6.56. The summed E-state index contributed by atoms with van der Waals surface area (Å²) in [5.41, 5.74) is 0.962. The van der Waals surface area contributed by atoms with Crippen molar-refractivity contribution in [3.05, 3.63) is 54.3 Å². The van der Waals surface area contributed by atoms with Gasteiger partial charge in [0.2, 0.25) is 5.91 Å². The topological polar surface area (TPSA) is 50.4 Å². The van der Waals surface area contributed by atoms with Crippen LogP contribution in [0.1, 0.15) is 0 Å². The lowest BCUT2D eigenvalue weighted by molar-refractivity contribution is -0.114. The summed E-state index contributed by atoms with van der Waals surface area (Å²) in [6, 6.07) is 13.2. The smallest absolute Gasteiger partial charge is 0.243 e. The zero-order chi connectivity index (χ0) is 14.4. The molecule has 5 heteroatoms. The Morgan fingerprint density at radius 1 is 1.15 bits per heavy atom. The molecule has 0 spiro atoms. The monoisotopic (exact) mass is 274 g/mol. The summed E-state index contributed by atoms with van der Waals surface area (Å²) in [4.78, 5) is 11.7. The van der Waals surface area contributed by atoms with Crippen molar-refractivity contribution in [3.63, 3.8) is 0 Å². The summed E-state index contributed by atoms with van der Waals surface area (Å²) in [5, 5.41) is 5.45. The lowest BCUT2D eigenvalue weighted by atomic mass is 10.3. The van der Waals surface area contributed by atoms with Gasteiger partial charge in [-0.15, -0.1) is 0 Å². The van der Waals surface area contributed by atoms with Crippen molar-refractivity contribution in [2.24, 2.45) is 0 Å². The fourth-order valence-electron chi connectivity index (χ4n) is 1.65. The zero-order valence-corrected chi connectivity index (χ0v) is 11.0. The lowest BCUT2D eigenvalue weighted by Crippen LogP contribution is -2.22. The van der Waals surface area contributed by atoms with Crippen LogP contribution in [0.5, 0.6) is 5.75 Å². The summed E-state index contributed by atoms with van der Waals surface area (Å²) in [7, 11) is 1.59. The lowest BCUT2D eigenvalue weighted by Gasteiger charge is -2.09. The van der Waals surface area contributed by atoms with Crippen LogP contribution < -0.4 is 15.4 Å². The summed E-state index contributed by atoms with van der Waals surface area (Å²) in [6.45, 7) is 0.0562. The third kappa shape index (κ3) is 3.71. The molecule has 0 saturated carbocycles. The highest BCUT2D eigenvalue weighted by atomic mass is 19.1. The molecule has 0 aliphatic heterocycles. The molecular weight excluding hydrogens is 259 g/mol. The van der Waals surface area contributed by atoms with Gasteiger partial charge in [-0.1, -0.05) is 12.1 Å². The number of carbonyl (C=O) groups excluding carboxylic acids is 1. The summed E-state index contributed by atoms with van der Waals surface area (Å²) in [6.07, 6.45) is 0. The van der Waals surface area contributed by atoms with Gasteiger partial charge in [0.25, 0.3) is 0 Å². The van der Waals surface area contributed by atoms with Gasteiger partial charge in [0.1, 0.15) is 11.6 Å². The third-order valence-electron chi connectivity index (χ3n) is 2.69. The number of carbonyl (C=O) groups is 1. The van der Waals surface area contributed by atoms with E-state index in [4.69, 9.17) is 4.74 Å². The van der Waals surface area contributed by atoms with Gasteiger partial charge in [0.05, 0.1) is 19.3 Å². The maximum atomic E-state index is 13.3. The molecule has 0 radical (unpaired) electrons. The van der Waals surface area contributed by atoms with Crippen molar-refractivity contribution in [2.75, 3.05) is 24.3 Å². The number of benzene rings is 2. The minimum absolute atomic E-state index is 0.0562. The Hall–Kier alpha value is -2.56. The van der Waals surface area contributed by atoms with Gasteiger partial charge in [-0.2, -0.15) is 0 Å². The second-order valence-electron chi connectivity index (χ2n) is 4.11. The highest BCUT2D eigenvalue weighted by molar-refractivity contribution is 5.93. The minimum atomic E-state index is -0.453. The van der Waals surface area contributed by atoms with Crippen LogP contribution in [-0.4, -0.2) is 19.6 Å². The van der Waals surface area contributed by atoms with Crippen molar-refractivity contribution in [1.29, 1.82) is 0 Å². The average Bonchev–Trinajstić information content (AvgIpc) is 2.48. The van der Waals surface area contributed by atoms with E-state index < -0.39 is 5.82 Å². The Morgan fingerprint density at radius 3 is 2.50 bits per heavy atom. The Labute approximate surface area is 116 Å². The first-order valence-electron chi connectivity index (χ1n) is 6.11. The molecule has 0 bridgehead atoms. The number of rotatable bonds is 5. The molecule has 0 aromatic heterocycles. The number of nitrogens with one attached hydrogen (secondary N) is 2. The maximum absolute atomic E-state index is 13.3. The summed E-state index contributed by atoms with van der Waals surface area (Å²) >= 11 is 0. The predicted molar refractivity (Wildman–Crippen MR) is 76.5 cm³/mol. The van der Waals surface area contributed by atoms with Gasteiger partial charge in [-0.05, 0) is 36.4 Å². The second-order valence-corrected chi connectivity index (χ2v) is 4.11. The van der Waals surface area contributed by atoms with E-state index in [0.717, 1.165) is 11.4 Å². The van der Waals surface area contributed by atoms with Crippen LogP contribution in [0.3, 0.4) is 0 Å². The summed E-state index contributed by atoms with van der Waals surface area (Å²) < 4.78 is 18.4. The van der Waals surface area contributed by atoms with Gasteiger partial charge in [-0.25, -0.2) is 4.39 Å². The number of anilines is 2. The molecule has 20 heavy (non-hydrogen) atoms. The van der Waals surface area contributed by atoms with E-state index in [-0.39, 0.29) is 18.1 Å². The molecule has 0 saturated heterocycles. The Bertz CT molecular complexity index is 585. The molecule has 0 heterocycles. The molecule has 2 aromatic carbocycles. The van der Waals surface area contributed by atoms with Crippen LogP contribution in [0.25, 0.3) is 0 Å². The fourth-order valence-corrected chi connectivity index (χ4v) is 1.65. The number of ether oxygens (including phenoxy) is 1. The highest BCUT2D eigenvalue weighted by Gasteiger charge is 2.05. The van der Waals surface area contributed by atoms with Crippen LogP contribution >= 0.6 is 0 Å². The molecular formula is C15H15FN2O2. The predicted octanol–water partition coefficient (Wildman–Crippen LogP) is 2.88. The Morgan fingerprint density at radius 2 is 1.85 bits per heavy atom. The molecule has 0 aliphatic carbocycles. The number of hydrogen-bond acceptors (Lipinski definition) is 3. The van der Waals surface area contributed by atoms with E-state index in [0.29, 0.717) is 0 Å². The number of halogens is 1. The number of hydrogen-bond donors (Lipinski definition) is 2. The molecule has 2 rings (SSSR count). The number of methoxy groups -OCH3 is 1. The molecule has 0 aliphatic rings. The van der Waals surface area contributed by atoms with Crippen molar-refractivity contribution in [1.82, 2.24) is 0 Å². The molecule has 104 valence electrons. The van der Waals surface area contributed by atoms with Crippen LogP contribution in [0.15, 0.2) is 48.5 Å². The van der Waals surface area contributed by atoms with E-state index in [1.165, 1.54) is 12.1 Å². The molecule has 1 amide bonds. The standard InChI is InChI=1S/C15H15FN2O2/c1-20-12-8-6-11(7-9-12)17-10-15(19)18-14-5-3-2-4-13(14)16/h2-9,17H,10H2,1H3,(H,18,19). The molecule has 4 nitrogen and oxygen atoms in total. The van der Waals surface area contributed by atoms with Crippen molar-refractivity contribution >= 4 is 17.3 Å². The van der Waals surface area contributed by atoms with E-state index in [1.807, 2.05) is 0 Å². The maximum Gasteiger partial charge on any atom is 0.243 e. The fraction of sp³-hybridized carbons (Fsp3) is 0.133. The SMILES string of the molecule is COc1ccc(NCC(=O)Nc2ccccc2F)cc1. The number of para-hydroxylation sites is 1. The Kier molecular flexibility index (Phi) is 4.55. The molecule has 0 fully saturated rings. The minimum Gasteiger partial charge on any atom is -0.497 e. The van der Waals surface area contributed by atoms with Gasteiger partial charge in [-0.3, -0.25) is 4.79 Å². The van der Waals surface area contributed by atoms with Crippen LogP contribution in [-0.2, 0) is 4.79 Å². The van der Waals surface area contributed by atoms with Gasteiger partial charge >= 0.3 is 0 Å². The average molecular weight is 274 g/mol. The molecule has 2 N–H and O–H groups in total. The normalized spacial score (nSPS) is 9.90. The first kappa shape index (κ1) is 13.9. The third-order valence-corrected chi connectivity index (χ3v) is 2.69. The number of amides is 1. The van der Waals surface area contributed by atoms with Gasteiger partial charge in [0, 0.05) is 5.69 Å². The zero-order valence-electron chi connectivity index (χ0n) is 11.0. The highest BCUT2D eigenvalue weighted by Crippen LogP contribution is 2.15. The van der Waals surface area contributed by atoms with Crippen molar-refractivity contribution in [2.45, 2.75) is 0 Å². The molecule has 2 aromatic rings. The van der Waals surface area contributed by atoms with Crippen molar-refractivity contribution < 1.29 is 13.9 Å². The van der Waals surface area contributed by atoms with Crippen molar-refractivity contribution in [3.8, 4) is 5.75 Å². The van der Waals surface area contributed by atoms with E-state index in [1.54, 1.807) is 43.5 Å².